The number of nitrogens with one attached hydrogen (secondary N) is 1. The number of carboxylic acids is 1. The Morgan fingerprint density at radius 2 is 1.92 bits per heavy atom. The van der Waals surface area contributed by atoms with Crippen molar-refractivity contribution in [2.45, 2.75) is 11.8 Å². The van der Waals surface area contributed by atoms with Gasteiger partial charge in [-0.1, -0.05) is 0 Å². The molecule has 0 aliphatic rings. The summed E-state index contributed by atoms with van der Waals surface area (Å²) in [7, 11) is -3.15. The lowest BCUT2D eigenvalue weighted by atomic mass is 10.5. The summed E-state index contributed by atoms with van der Waals surface area (Å²) in [6.45, 7) is 1.48. The molecule has 0 saturated heterocycles. The average Bonchev–Trinajstić information content (AvgIpc) is 2.96. The van der Waals surface area contributed by atoms with E-state index in [1.807, 2.05) is 0 Å². The van der Waals surface area contributed by atoms with Gasteiger partial charge in [-0.25, -0.2) is 22.7 Å². The van der Waals surface area contributed by atoms with Crippen molar-refractivity contribution in [2.75, 3.05) is 7.11 Å². The second kappa shape index (κ2) is 6.76. The number of nitrogens with zero attached hydrogens (tertiary/aromatic N) is 3. The largest absolute Gasteiger partial charge is 0.477 e. The summed E-state index contributed by atoms with van der Waals surface area (Å²) in [5, 5.41) is 10.2. The van der Waals surface area contributed by atoms with Crippen LogP contribution >= 0.6 is 11.3 Å². The first-order chi connectivity index (χ1) is 11.2. The predicted molar refractivity (Wildman–Crippen MR) is 78.7 cm³/mol. The lowest BCUT2D eigenvalue weighted by molar-refractivity contribution is 0.0698. The standard InChI is InChI=1S/C11H10N4O7S2/c1-5-12-9(21-2)14-10(13-5)22-11(18)15-24(19,20)6-3-4-23-7(6)8(16)17/h3-4H,1-2H3,(H,15,18)(H,16,17). The molecule has 13 heteroatoms. The van der Waals surface area contributed by atoms with Gasteiger partial charge in [0.1, 0.15) is 15.6 Å². The van der Waals surface area contributed by atoms with Gasteiger partial charge in [-0.3, -0.25) is 0 Å². The van der Waals surface area contributed by atoms with E-state index in [0.717, 1.165) is 6.07 Å². The third-order valence-corrected chi connectivity index (χ3v) is 4.79. The van der Waals surface area contributed by atoms with Gasteiger partial charge in [-0.05, 0) is 18.4 Å². The van der Waals surface area contributed by atoms with Crippen LogP contribution in [0.3, 0.4) is 0 Å². The van der Waals surface area contributed by atoms with Gasteiger partial charge in [0, 0.05) is 0 Å². The van der Waals surface area contributed by atoms with E-state index < -0.39 is 37.9 Å². The molecule has 2 aromatic rings. The topological polar surface area (TPSA) is 158 Å². The Labute approximate surface area is 139 Å². The van der Waals surface area contributed by atoms with Crippen molar-refractivity contribution in [3.8, 4) is 12.0 Å². The molecular formula is C11H10N4O7S2. The number of rotatable bonds is 5. The molecule has 0 radical (unpaired) electrons. The molecule has 2 rings (SSSR count). The number of amides is 1. The summed E-state index contributed by atoms with van der Waals surface area (Å²) >= 11 is 0.702. The van der Waals surface area contributed by atoms with Crippen molar-refractivity contribution < 1.29 is 32.6 Å². The summed E-state index contributed by atoms with van der Waals surface area (Å²) in [5.41, 5.74) is 0. The van der Waals surface area contributed by atoms with Crippen molar-refractivity contribution >= 4 is 33.4 Å². The number of thiophene rings is 1. The second-order valence-corrected chi connectivity index (χ2v) is 6.63. The van der Waals surface area contributed by atoms with Gasteiger partial charge in [0.05, 0.1) is 7.11 Å². The predicted octanol–water partition coefficient (Wildman–Crippen LogP) is 0.426. The smallest absolute Gasteiger partial charge is 0.429 e. The van der Waals surface area contributed by atoms with E-state index in [0.29, 0.717) is 11.3 Å². The van der Waals surface area contributed by atoms with Crippen molar-refractivity contribution in [1.29, 1.82) is 0 Å². The van der Waals surface area contributed by atoms with Gasteiger partial charge in [-0.2, -0.15) is 9.97 Å². The molecule has 0 aliphatic carbocycles. The molecule has 0 saturated carbocycles. The molecule has 0 aliphatic heterocycles. The maximum Gasteiger partial charge on any atom is 0.429 e. The van der Waals surface area contributed by atoms with E-state index in [-0.39, 0.29) is 11.8 Å². The molecular weight excluding hydrogens is 364 g/mol. The molecule has 11 nitrogen and oxygen atoms in total. The van der Waals surface area contributed by atoms with Crippen LogP contribution in [0.1, 0.15) is 15.5 Å². The summed E-state index contributed by atoms with van der Waals surface area (Å²) in [6, 6.07) is 0.454. The molecule has 1 amide bonds. The molecule has 0 bridgehead atoms. The van der Waals surface area contributed by atoms with E-state index >= 15 is 0 Å². The van der Waals surface area contributed by atoms with Gasteiger partial charge in [0.2, 0.25) is 0 Å². The quantitative estimate of drug-likeness (QED) is 0.751. The van der Waals surface area contributed by atoms with Gasteiger partial charge >= 0.3 is 24.1 Å². The second-order valence-electron chi connectivity index (χ2n) is 4.07. The average molecular weight is 374 g/mol. The van der Waals surface area contributed by atoms with Crippen LogP contribution in [0, 0.1) is 6.92 Å². The molecule has 0 aromatic carbocycles. The van der Waals surface area contributed by atoms with Crippen LogP contribution in [0.4, 0.5) is 4.79 Å². The van der Waals surface area contributed by atoms with E-state index in [4.69, 9.17) is 9.84 Å². The number of hydrogen-bond donors (Lipinski definition) is 2. The molecule has 128 valence electrons. The number of sulfonamides is 1. The minimum Gasteiger partial charge on any atom is -0.477 e. The Morgan fingerprint density at radius 3 is 2.54 bits per heavy atom. The highest BCUT2D eigenvalue weighted by Gasteiger charge is 2.26. The maximum atomic E-state index is 12.1. The molecule has 0 atom stereocenters. The highest BCUT2D eigenvalue weighted by atomic mass is 32.2. The molecule has 2 aromatic heterocycles. The number of hydrogen-bond acceptors (Lipinski definition) is 10. The van der Waals surface area contributed by atoms with E-state index in [1.54, 1.807) is 4.72 Å². The van der Waals surface area contributed by atoms with Gasteiger partial charge < -0.3 is 14.6 Å². The number of aromatic nitrogens is 3. The summed E-state index contributed by atoms with van der Waals surface area (Å²) in [6.07, 6.45) is -1.41. The fourth-order valence-electron chi connectivity index (χ4n) is 1.50. The molecule has 2 heterocycles. The Morgan fingerprint density at radius 1 is 1.25 bits per heavy atom. The van der Waals surface area contributed by atoms with Crippen molar-refractivity contribution in [1.82, 2.24) is 19.7 Å². The normalized spacial score (nSPS) is 10.9. The van der Waals surface area contributed by atoms with Crippen molar-refractivity contribution in [3.05, 3.63) is 22.1 Å². The summed E-state index contributed by atoms with van der Waals surface area (Å²) < 4.78 is 35.1. The van der Waals surface area contributed by atoms with Gasteiger partial charge in [-0.15, -0.1) is 16.3 Å². The molecule has 0 fully saturated rings. The minimum atomic E-state index is -4.44. The number of carboxylic acid groups (broad SMARTS) is 1. The number of aryl methyl sites for hydroxylation is 1. The third kappa shape index (κ3) is 3.94. The van der Waals surface area contributed by atoms with Crippen LogP contribution in [0.5, 0.6) is 12.0 Å². The van der Waals surface area contributed by atoms with Crippen LogP contribution in [0.2, 0.25) is 0 Å². The first-order valence-electron chi connectivity index (χ1n) is 6.05. The highest BCUT2D eigenvalue weighted by molar-refractivity contribution is 7.90. The maximum absolute atomic E-state index is 12.1. The number of ether oxygens (including phenoxy) is 2. The number of aromatic carboxylic acids is 1. The number of methoxy groups -OCH3 is 1. The van der Waals surface area contributed by atoms with Gasteiger partial charge in [0.25, 0.3) is 10.0 Å². The highest BCUT2D eigenvalue weighted by Crippen LogP contribution is 2.21. The Balaban J connectivity index is 2.18. The molecule has 2 N–H and O–H groups in total. The van der Waals surface area contributed by atoms with Crippen LogP contribution in [0.25, 0.3) is 0 Å². The third-order valence-electron chi connectivity index (χ3n) is 2.40. The first kappa shape index (κ1) is 17.6. The van der Waals surface area contributed by atoms with E-state index in [1.165, 1.54) is 19.4 Å². The zero-order valence-corrected chi connectivity index (χ0v) is 13.8. The molecule has 0 spiro atoms. The summed E-state index contributed by atoms with van der Waals surface area (Å²) in [5.74, 6) is -1.25. The number of carbonyl (C=O) groups excluding carboxylic acids is 1. The molecule has 24 heavy (non-hydrogen) atoms. The van der Waals surface area contributed by atoms with Crippen molar-refractivity contribution in [2.24, 2.45) is 0 Å². The fraction of sp³-hybridized carbons (Fsp3) is 0.182. The Kier molecular flexibility index (Phi) is 4.94. The zero-order chi connectivity index (χ0) is 17.9. The lowest BCUT2D eigenvalue weighted by Crippen LogP contribution is -2.34. The Bertz CT molecular complexity index is 894. The minimum absolute atomic E-state index is 0.126. The fourth-order valence-corrected chi connectivity index (χ4v) is 3.64. The van der Waals surface area contributed by atoms with E-state index in [9.17, 15) is 18.0 Å². The van der Waals surface area contributed by atoms with Gasteiger partial charge in [0.15, 0.2) is 0 Å². The SMILES string of the molecule is COc1nc(C)nc(OC(=O)NS(=O)(=O)c2ccsc2C(=O)O)n1. The lowest BCUT2D eigenvalue weighted by Gasteiger charge is -2.07. The van der Waals surface area contributed by atoms with E-state index in [2.05, 4.69) is 19.7 Å². The zero-order valence-electron chi connectivity index (χ0n) is 12.2. The number of carbonyl (C=O) groups is 2. The van der Waals surface area contributed by atoms with Crippen LogP contribution in [-0.2, 0) is 10.0 Å². The molecule has 0 unspecified atom stereocenters. The van der Waals surface area contributed by atoms with Crippen LogP contribution in [0.15, 0.2) is 16.3 Å². The van der Waals surface area contributed by atoms with Crippen molar-refractivity contribution in [3.63, 3.8) is 0 Å². The first-order valence-corrected chi connectivity index (χ1v) is 8.41. The Hall–Kier alpha value is -2.80. The van der Waals surface area contributed by atoms with Crippen LogP contribution in [-0.4, -0.2) is 47.6 Å². The summed E-state index contributed by atoms with van der Waals surface area (Å²) in [4.78, 5) is 32.8. The van der Waals surface area contributed by atoms with Crippen LogP contribution < -0.4 is 14.2 Å². The monoisotopic (exact) mass is 374 g/mol.